The maximum absolute atomic E-state index is 13.7. The van der Waals surface area contributed by atoms with Crippen LogP contribution in [0.15, 0.2) is 22.8 Å². The average molecular weight is 491 g/mol. The van der Waals surface area contributed by atoms with Crippen LogP contribution in [0, 0.1) is 0 Å². The van der Waals surface area contributed by atoms with E-state index in [2.05, 4.69) is 20.1 Å². The molecular formula is C21H24F3N9O2. The molecule has 1 spiro atoms. The molecule has 3 aliphatic rings. The summed E-state index contributed by atoms with van der Waals surface area (Å²) >= 11 is 0. The van der Waals surface area contributed by atoms with Crippen LogP contribution in [0.1, 0.15) is 25.7 Å². The Bertz CT molecular complexity index is 1250. The second-order valence-electron chi connectivity index (χ2n) is 9.40. The molecule has 3 fully saturated rings. The monoisotopic (exact) mass is 491 g/mol. The van der Waals surface area contributed by atoms with E-state index in [-0.39, 0.29) is 43.2 Å². The van der Waals surface area contributed by atoms with Crippen LogP contribution in [0.2, 0.25) is 0 Å². The molecule has 1 saturated carbocycles. The summed E-state index contributed by atoms with van der Waals surface area (Å²) in [4.78, 5) is 31.9. The van der Waals surface area contributed by atoms with Crippen LogP contribution in [0.5, 0.6) is 0 Å². The van der Waals surface area contributed by atoms with Crippen molar-refractivity contribution in [2.45, 2.75) is 43.4 Å². The number of nitrogens with two attached hydrogens (primary N) is 1. The van der Waals surface area contributed by atoms with Crippen LogP contribution >= 0.6 is 0 Å². The predicted molar refractivity (Wildman–Crippen MR) is 117 cm³/mol. The molecule has 1 aliphatic carbocycles. The van der Waals surface area contributed by atoms with Gasteiger partial charge in [0.05, 0.1) is 18.3 Å². The average Bonchev–Trinajstić information content (AvgIpc) is 3.27. The zero-order valence-corrected chi connectivity index (χ0v) is 18.8. The van der Waals surface area contributed by atoms with Gasteiger partial charge in [0, 0.05) is 26.2 Å². The molecule has 14 heteroatoms. The smallest absolute Gasteiger partial charge is 0.401 e. The first kappa shape index (κ1) is 22.1. The second kappa shape index (κ2) is 7.80. The molecule has 11 nitrogen and oxygen atoms in total. The van der Waals surface area contributed by atoms with Crippen molar-refractivity contribution in [3.05, 3.63) is 18.4 Å². The summed E-state index contributed by atoms with van der Waals surface area (Å²) in [6.45, 7) is 0.335. The molecule has 0 unspecified atom stereocenters. The zero-order valence-electron chi connectivity index (χ0n) is 18.8. The fourth-order valence-electron chi connectivity index (χ4n) is 5.24. The topological polar surface area (TPSA) is 122 Å². The number of rotatable bonds is 4. The first-order chi connectivity index (χ1) is 16.7. The number of nitrogens with zero attached hydrogens (tertiary/aromatic N) is 8. The number of carbonyl (C=O) groups is 1. The third-order valence-corrected chi connectivity index (χ3v) is 6.98. The molecule has 2 saturated heterocycles. The largest absolute Gasteiger partial charge is 0.461 e. The van der Waals surface area contributed by atoms with E-state index < -0.39 is 24.3 Å². The molecule has 2 aliphatic heterocycles. The van der Waals surface area contributed by atoms with Crippen LogP contribution in [0.4, 0.5) is 25.1 Å². The highest BCUT2D eigenvalue weighted by molar-refractivity contribution is 5.86. The Hall–Kier alpha value is -3.42. The van der Waals surface area contributed by atoms with Crippen molar-refractivity contribution in [1.29, 1.82) is 0 Å². The molecule has 3 aromatic heterocycles. The Morgan fingerprint density at radius 2 is 2.03 bits per heavy atom. The van der Waals surface area contributed by atoms with Gasteiger partial charge >= 0.3 is 6.18 Å². The molecule has 35 heavy (non-hydrogen) atoms. The van der Waals surface area contributed by atoms with E-state index in [1.807, 2.05) is 4.90 Å². The van der Waals surface area contributed by atoms with Crippen LogP contribution in [0.3, 0.4) is 0 Å². The standard InChI is InChI=1S/C21H24F3N9O2/c22-21(23,24)12-30-8-9-32(20(11-30)5-6-20)16(34)13-3-1-7-31(13)18-27-17(25)33-19(28-18)26-15(29-33)14-4-2-10-35-14/h2,4,10,13H,1,3,5-9,11-12H2,(H2,25,26,27,28,29)/t13-/m0/s1. The van der Waals surface area contributed by atoms with E-state index in [4.69, 9.17) is 10.2 Å². The quantitative estimate of drug-likeness (QED) is 0.579. The fourth-order valence-corrected chi connectivity index (χ4v) is 5.24. The van der Waals surface area contributed by atoms with Crippen molar-refractivity contribution < 1.29 is 22.4 Å². The molecule has 1 atom stereocenters. The number of amides is 1. The minimum Gasteiger partial charge on any atom is -0.461 e. The third kappa shape index (κ3) is 3.94. The van der Waals surface area contributed by atoms with Gasteiger partial charge in [-0.05, 0) is 37.8 Å². The van der Waals surface area contributed by atoms with E-state index in [0.29, 0.717) is 37.4 Å². The van der Waals surface area contributed by atoms with Crippen molar-refractivity contribution in [3.8, 4) is 11.6 Å². The number of hydrogen-bond donors (Lipinski definition) is 1. The lowest BCUT2D eigenvalue weighted by Gasteiger charge is -2.44. The minimum absolute atomic E-state index is 0.0767. The van der Waals surface area contributed by atoms with Gasteiger partial charge in [-0.3, -0.25) is 9.69 Å². The first-order valence-electron chi connectivity index (χ1n) is 11.5. The molecule has 1 amide bonds. The van der Waals surface area contributed by atoms with Crippen LogP contribution in [-0.2, 0) is 4.79 Å². The zero-order chi connectivity index (χ0) is 24.4. The summed E-state index contributed by atoms with van der Waals surface area (Å²) in [7, 11) is 0. The van der Waals surface area contributed by atoms with Crippen molar-refractivity contribution >= 4 is 23.6 Å². The number of furan rings is 1. The van der Waals surface area contributed by atoms with Gasteiger partial charge in [0.1, 0.15) is 6.04 Å². The predicted octanol–water partition coefficient (Wildman–Crippen LogP) is 1.57. The van der Waals surface area contributed by atoms with Crippen LogP contribution in [-0.4, -0.2) is 90.8 Å². The number of hydrogen-bond acceptors (Lipinski definition) is 9. The Balaban J connectivity index is 1.24. The van der Waals surface area contributed by atoms with Gasteiger partial charge in [-0.15, -0.1) is 5.10 Å². The van der Waals surface area contributed by atoms with E-state index in [9.17, 15) is 18.0 Å². The lowest BCUT2D eigenvalue weighted by Crippen LogP contribution is -2.61. The normalized spacial score (nSPS) is 22.4. The summed E-state index contributed by atoms with van der Waals surface area (Å²) in [5.74, 6) is 1.28. The van der Waals surface area contributed by atoms with Crippen LogP contribution < -0.4 is 10.6 Å². The lowest BCUT2D eigenvalue weighted by molar-refractivity contribution is -0.157. The van der Waals surface area contributed by atoms with Gasteiger partial charge in [-0.25, -0.2) is 0 Å². The molecule has 0 radical (unpaired) electrons. The maximum atomic E-state index is 13.7. The number of fused-ring (bicyclic) bond motifs is 1. The fraction of sp³-hybridized carbons (Fsp3) is 0.571. The third-order valence-electron chi connectivity index (χ3n) is 6.98. The molecule has 186 valence electrons. The van der Waals surface area contributed by atoms with Gasteiger partial charge in [0.2, 0.25) is 23.6 Å². The highest BCUT2D eigenvalue weighted by Gasteiger charge is 2.55. The summed E-state index contributed by atoms with van der Waals surface area (Å²) < 4.78 is 45.4. The number of alkyl halides is 3. The molecule has 6 rings (SSSR count). The Morgan fingerprint density at radius 1 is 1.20 bits per heavy atom. The molecule has 2 N–H and O–H groups in total. The van der Waals surface area contributed by atoms with Crippen molar-refractivity contribution in [3.63, 3.8) is 0 Å². The number of nitrogen functional groups attached to an aromatic ring is 1. The Labute approximate surface area is 197 Å². The van der Waals surface area contributed by atoms with Crippen LogP contribution in [0.25, 0.3) is 17.4 Å². The highest BCUT2D eigenvalue weighted by atomic mass is 19.4. The Kier molecular flexibility index (Phi) is 4.92. The van der Waals surface area contributed by atoms with Gasteiger partial charge in [0.15, 0.2) is 5.76 Å². The summed E-state index contributed by atoms with van der Waals surface area (Å²) in [5.41, 5.74) is 5.62. The summed E-state index contributed by atoms with van der Waals surface area (Å²) in [6.07, 6.45) is 0.0537. The van der Waals surface area contributed by atoms with E-state index in [0.717, 1.165) is 6.42 Å². The second-order valence-corrected chi connectivity index (χ2v) is 9.40. The molecular weight excluding hydrogens is 467 g/mol. The van der Waals surface area contributed by atoms with E-state index >= 15 is 0 Å². The molecule has 5 heterocycles. The number of halogens is 3. The number of piperazine rings is 1. The summed E-state index contributed by atoms with van der Waals surface area (Å²) in [5, 5.41) is 4.29. The number of carbonyl (C=O) groups excluding carboxylic acids is 1. The number of aromatic nitrogens is 5. The SMILES string of the molecule is Nc1nc(N2CCC[C@H]2C(=O)N2CCN(CC(F)(F)F)CC23CC3)nc2nc(-c3ccco3)nn12. The van der Waals surface area contributed by atoms with Gasteiger partial charge in [-0.2, -0.15) is 32.6 Å². The molecule has 0 aromatic carbocycles. The van der Waals surface area contributed by atoms with Gasteiger partial charge < -0.3 is 20.0 Å². The summed E-state index contributed by atoms with van der Waals surface area (Å²) in [6, 6.07) is 2.93. The molecule has 3 aromatic rings. The van der Waals surface area contributed by atoms with Crippen molar-refractivity contribution in [2.75, 3.05) is 43.4 Å². The van der Waals surface area contributed by atoms with Gasteiger partial charge in [0.25, 0.3) is 5.78 Å². The van der Waals surface area contributed by atoms with E-state index in [1.54, 1.807) is 17.0 Å². The number of anilines is 2. The lowest BCUT2D eigenvalue weighted by atomic mass is 10.1. The van der Waals surface area contributed by atoms with Gasteiger partial charge in [-0.1, -0.05) is 0 Å². The highest BCUT2D eigenvalue weighted by Crippen LogP contribution is 2.45. The maximum Gasteiger partial charge on any atom is 0.401 e. The Morgan fingerprint density at radius 3 is 2.74 bits per heavy atom. The van der Waals surface area contributed by atoms with Crippen molar-refractivity contribution in [2.24, 2.45) is 0 Å². The molecule has 0 bridgehead atoms. The van der Waals surface area contributed by atoms with Crippen molar-refractivity contribution in [1.82, 2.24) is 34.4 Å². The first-order valence-corrected chi connectivity index (χ1v) is 11.5. The van der Waals surface area contributed by atoms with E-state index in [1.165, 1.54) is 15.7 Å². The minimum atomic E-state index is -4.25.